The van der Waals surface area contributed by atoms with Crippen molar-refractivity contribution in [1.29, 1.82) is 0 Å². The van der Waals surface area contributed by atoms with Crippen molar-refractivity contribution in [2.24, 2.45) is 11.7 Å². The van der Waals surface area contributed by atoms with Gasteiger partial charge in [-0.15, -0.1) is 0 Å². The lowest BCUT2D eigenvalue weighted by Gasteiger charge is -2.29. The third kappa shape index (κ3) is 7.02. The highest BCUT2D eigenvalue weighted by atomic mass is 32.2. The van der Waals surface area contributed by atoms with Gasteiger partial charge in [-0.2, -0.15) is 0 Å². The van der Waals surface area contributed by atoms with Crippen LogP contribution in [0.1, 0.15) is 56.6 Å². The maximum Gasteiger partial charge on any atom is 0.242 e. The van der Waals surface area contributed by atoms with Gasteiger partial charge in [-0.1, -0.05) is 30.3 Å². The molecule has 0 spiro atoms. The smallest absolute Gasteiger partial charge is 0.242 e. The van der Waals surface area contributed by atoms with Gasteiger partial charge in [0.05, 0.1) is 12.3 Å². The van der Waals surface area contributed by atoms with E-state index in [-0.39, 0.29) is 24.3 Å². The van der Waals surface area contributed by atoms with E-state index in [1.165, 1.54) is 0 Å². The second kappa shape index (κ2) is 10.6. The highest BCUT2D eigenvalue weighted by Gasteiger charge is 2.35. The number of nitrogens with zero attached hydrogens (tertiary/aromatic N) is 1. The number of sulfonamides is 1. The van der Waals surface area contributed by atoms with Crippen LogP contribution < -0.4 is 15.8 Å². The molecule has 31 heavy (non-hydrogen) atoms. The third-order valence-electron chi connectivity index (χ3n) is 6.27. The molecule has 1 saturated heterocycles. The molecule has 1 aromatic carbocycles. The Bertz CT molecular complexity index is 854. The summed E-state index contributed by atoms with van der Waals surface area (Å²) >= 11 is 0. The Balaban J connectivity index is 1.60. The first kappa shape index (κ1) is 23.7. The number of nitrogens with one attached hydrogen (secondary N) is 2. The van der Waals surface area contributed by atoms with Crippen LogP contribution in [0.15, 0.2) is 30.3 Å². The molecule has 2 atom stereocenters. The Morgan fingerprint density at radius 3 is 2.45 bits per heavy atom. The first-order chi connectivity index (χ1) is 14.7. The van der Waals surface area contributed by atoms with Crippen LogP contribution in [0.5, 0.6) is 0 Å². The summed E-state index contributed by atoms with van der Waals surface area (Å²) in [5, 5.41) is 3.03. The number of amides is 2. The Morgan fingerprint density at radius 1 is 1.13 bits per heavy atom. The number of carbonyl (C=O) groups is 2. The number of hydrogen-bond acceptors (Lipinski definition) is 5. The molecule has 1 aromatic rings. The third-order valence-corrected chi connectivity index (χ3v) is 6.98. The zero-order valence-electron chi connectivity index (χ0n) is 18.1. The monoisotopic (exact) mass is 450 g/mol. The van der Waals surface area contributed by atoms with Crippen LogP contribution >= 0.6 is 0 Å². The highest BCUT2D eigenvalue weighted by molar-refractivity contribution is 7.88. The predicted octanol–water partition coefficient (Wildman–Crippen LogP) is 1.29. The average molecular weight is 451 g/mol. The quantitative estimate of drug-likeness (QED) is 0.551. The summed E-state index contributed by atoms with van der Waals surface area (Å²) in [7, 11) is -3.50. The van der Waals surface area contributed by atoms with Crippen molar-refractivity contribution < 1.29 is 18.0 Å². The Hall–Kier alpha value is -1.97. The van der Waals surface area contributed by atoms with E-state index in [9.17, 15) is 18.0 Å². The number of nitrogens with two attached hydrogens (primary N) is 1. The van der Waals surface area contributed by atoms with Gasteiger partial charge in [0.1, 0.15) is 6.04 Å². The van der Waals surface area contributed by atoms with Gasteiger partial charge in [0.25, 0.3) is 0 Å². The molecule has 3 rings (SSSR count). The zero-order chi connectivity index (χ0) is 22.4. The van der Waals surface area contributed by atoms with Gasteiger partial charge in [0.15, 0.2) is 0 Å². The molecule has 1 heterocycles. The molecule has 1 aliphatic heterocycles. The molecule has 4 N–H and O–H groups in total. The van der Waals surface area contributed by atoms with E-state index in [4.69, 9.17) is 5.73 Å². The van der Waals surface area contributed by atoms with Crippen molar-refractivity contribution in [2.75, 3.05) is 19.3 Å². The van der Waals surface area contributed by atoms with E-state index in [2.05, 4.69) is 10.0 Å². The summed E-state index contributed by atoms with van der Waals surface area (Å²) in [6.45, 7) is 1.13. The van der Waals surface area contributed by atoms with Crippen molar-refractivity contribution >= 4 is 21.8 Å². The SMILES string of the molecule is CS(=O)(=O)NC(CC(=O)N1CCC[C@H]1C(=O)NC[C@H]1CC[C@H](N)CC1)c1ccccc1. The number of rotatable bonds is 8. The normalized spacial score (nSPS) is 25.2. The van der Waals surface area contributed by atoms with Gasteiger partial charge in [-0.05, 0) is 50.0 Å². The van der Waals surface area contributed by atoms with Crippen LogP contribution in [0.3, 0.4) is 0 Å². The van der Waals surface area contributed by atoms with Crippen LogP contribution in [0.25, 0.3) is 0 Å². The van der Waals surface area contributed by atoms with Crippen LogP contribution in [-0.4, -0.2) is 56.6 Å². The van der Waals surface area contributed by atoms with Crippen molar-refractivity contribution in [2.45, 2.75) is 63.1 Å². The summed E-state index contributed by atoms with van der Waals surface area (Å²) < 4.78 is 26.2. The largest absolute Gasteiger partial charge is 0.354 e. The summed E-state index contributed by atoms with van der Waals surface area (Å²) in [6.07, 6.45) is 6.46. The molecule has 0 radical (unpaired) electrons. The second-order valence-electron chi connectivity index (χ2n) is 8.83. The minimum Gasteiger partial charge on any atom is -0.354 e. The molecule has 2 aliphatic rings. The van der Waals surface area contributed by atoms with Crippen LogP contribution in [0.2, 0.25) is 0 Å². The standard InChI is InChI=1S/C22H34N4O4S/c1-31(29,30)25-19(17-6-3-2-4-7-17)14-21(27)26-13-5-8-20(26)22(28)24-15-16-9-11-18(23)12-10-16/h2-4,6-7,16,18-20,25H,5,8-15,23H2,1H3,(H,24,28)/t16-,18-,19?,20-/m0/s1. The molecule has 8 nitrogen and oxygen atoms in total. The molecule has 0 bridgehead atoms. The molecule has 1 aliphatic carbocycles. The number of hydrogen-bond donors (Lipinski definition) is 3. The van der Waals surface area contributed by atoms with E-state index in [1.54, 1.807) is 29.2 Å². The lowest BCUT2D eigenvalue weighted by Crippen LogP contribution is -2.48. The van der Waals surface area contributed by atoms with Gasteiger partial charge in [-0.25, -0.2) is 13.1 Å². The molecule has 1 saturated carbocycles. The van der Waals surface area contributed by atoms with Crippen molar-refractivity contribution in [3.63, 3.8) is 0 Å². The van der Waals surface area contributed by atoms with Crippen LogP contribution in [-0.2, 0) is 19.6 Å². The fraction of sp³-hybridized carbons (Fsp3) is 0.636. The fourth-order valence-electron chi connectivity index (χ4n) is 4.56. The van der Waals surface area contributed by atoms with Gasteiger partial charge in [-0.3, -0.25) is 9.59 Å². The molecule has 0 aromatic heterocycles. The summed E-state index contributed by atoms with van der Waals surface area (Å²) in [6, 6.07) is 8.15. The van der Waals surface area contributed by atoms with E-state index in [0.717, 1.165) is 43.9 Å². The molecular formula is C22H34N4O4S. The van der Waals surface area contributed by atoms with Crippen molar-refractivity contribution in [3.8, 4) is 0 Å². The minimum atomic E-state index is -3.50. The number of benzene rings is 1. The maximum atomic E-state index is 13.1. The van der Waals surface area contributed by atoms with Gasteiger partial charge in [0.2, 0.25) is 21.8 Å². The number of carbonyl (C=O) groups excluding carboxylic acids is 2. The zero-order valence-corrected chi connectivity index (χ0v) is 18.9. The fourth-order valence-corrected chi connectivity index (χ4v) is 5.29. The van der Waals surface area contributed by atoms with Gasteiger partial charge >= 0.3 is 0 Å². The topological polar surface area (TPSA) is 122 Å². The molecule has 9 heteroatoms. The summed E-state index contributed by atoms with van der Waals surface area (Å²) in [5.41, 5.74) is 6.67. The Kier molecular flexibility index (Phi) is 8.07. The van der Waals surface area contributed by atoms with E-state index in [1.807, 2.05) is 6.07 Å². The lowest BCUT2D eigenvalue weighted by atomic mass is 9.86. The van der Waals surface area contributed by atoms with Crippen LogP contribution in [0.4, 0.5) is 0 Å². The summed E-state index contributed by atoms with van der Waals surface area (Å²) in [4.78, 5) is 27.5. The predicted molar refractivity (Wildman–Crippen MR) is 119 cm³/mol. The second-order valence-corrected chi connectivity index (χ2v) is 10.6. The van der Waals surface area contributed by atoms with Gasteiger partial charge < -0.3 is 16.0 Å². The molecule has 2 amide bonds. The molecular weight excluding hydrogens is 416 g/mol. The first-order valence-corrected chi connectivity index (χ1v) is 13.0. The Labute approximate surface area is 185 Å². The minimum absolute atomic E-state index is 0.0264. The molecule has 172 valence electrons. The summed E-state index contributed by atoms with van der Waals surface area (Å²) in [5.74, 6) is 0.107. The van der Waals surface area contributed by atoms with Crippen LogP contribution in [0, 0.1) is 5.92 Å². The number of likely N-dealkylation sites (tertiary alicyclic amines) is 1. The first-order valence-electron chi connectivity index (χ1n) is 11.1. The highest BCUT2D eigenvalue weighted by Crippen LogP contribution is 2.25. The Morgan fingerprint density at radius 2 is 1.81 bits per heavy atom. The van der Waals surface area contributed by atoms with E-state index < -0.39 is 22.1 Å². The van der Waals surface area contributed by atoms with Crippen molar-refractivity contribution in [1.82, 2.24) is 14.9 Å². The van der Waals surface area contributed by atoms with Gasteiger partial charge in [0, 0.05) is 25.6 Å². The van der Waals surface area contributed by atoms with E-state index in [0.29, 0.717) is 25.4 Å². The maximum absolute atomic E-state index is 13.1. The molecule has 2 fully saturated rings. The average Bonchev–Trinajstić information content (AvgIpc) is 3.22. The van der Waals surface area contributed by atoms with E-state index >= 15 is 0 Å². The molecule has 1 unspecified atom stereocenters. The lowest BCUT2D eigenvalue weighted by molar-refractivity contribution is -0.138. The van der Waals surface area contributed by atoms with Crippen molar-refractivity contribution in [3.05, 3.63) is 35.9 Å².